The van der Waals surface area contributed by atoms with Crippen molar-refractivity contribution in [3.05, 3.63) is 58.6 Å². The number of esters is 1. The van der Waals surface area contributed by atoms with Crippen LogP contribution in [0.5, 0.6) is 0 Å². The summed E-state index contributed by atoms with van der Waals surface area (Å²) in [4.78, 5) is 40.0. The van der Waals surface area contributed by atoms with Gasteiger partial charge in [-0.3, -0.25) is 14.6 Å². The molecule has 2 aliphatic rings. The van der Waals surface area contributed by atoms with Gasteiger partial charge in [0.1, 0.15) is 12.0 Å². The second-order valence-corrected chi connectivity index (χ2v) is 7.26. The van der Waals surface area contributed by atoms with Crippen molar-refractivity contribution in [1.82, 2.24) is 0 Å². The second-order valence-electron chi connectivity index (χ2n) is 6.42. The molecule has 1 fully saturated rings. The third kappa shape index (κ3) is 3.16. The molecule has 2 atom stereocenters. The molecule has 2 heterocycles. The molecule has 0 aromatic heterocycles. The topological polar surface area (TPSA) is 79.3 Å². The highest BCUT2D eigenvalue weighted by atomic mass is 35.5. The number of anilines is 2. The van der Waals surface area contributed by atoms with Crippen molar-refractivity contribution < 1.29 is 19.1 Å². The predicted molar refractivity (Wildman–Crippen MR) is 109 cm³/mol. The zero-order valence-corrected chi connectivity index (χ0v) is 16.7. The fourth-order valence-corrected chi connectivity index (χ4v) is 3.90. The van der Waals surface area contributed by atoms with E-state index < -0.39 is 29.7 Å². The maximum Gasteiger partial charge on any atom is 0.355 e. The van der Waals surface area contributed by atoms with E-state index in [2.05, 4.69) is 5.10 Å². The summed E-state index contributed by atoms with van der Waals surface area (Å²) in [6, 6.07) is 12.2. The zero-order valence-electron chi connectivity index (χ0n) is 15.2. The number of hydrogen-bond donors (Lipinski definition) is 0. The third-order valence-corrected chi connectivity index (χ3v) is 5.25. The zero-order chi connectivity index (χ0) is 20.7. The fraction of sp³-hybridized carbons (Fsp3) is 0.200. The van der Waals surface area contributed by atoms with Crippen LogP contribution in [0.3, 0.4) is 0 Å². The molecule has 0 radical (unpaired) electrons. The van der Waals surface area contributed by atoms with E-state index in [0.29, 0.717) is 10.7 Å². The minimum absolute atomic E-state index is 0.114. The van der Waals surface area contributed by atoms with Crippen LogP contribution in [0.25, 0.3) is 0 Å². The smallest absolute Gasteiger partial charge is 0.355 e. The number of imide groups is 1. The Morgan fingerprint density at radius 2 is 1.86 bits per heavy atom. The second kappa shape index (κ2) is 7.50. The minimum Gasteiger partial charge on any atom is -0.461 e. The fourth-order valence-electron chi connectivity index (χ4n) is 3.49. The molecule has 0 aliphatic carbocycles. The number of carbonyl (C=O) groups is 3. The Kier molecular flexibility index (Phi) is 5.02. The van der Waals surface area contributed by atoms with E-state index in [-0.39, 0.29) is 23.0 Å². The van der Waals surface area contributed by atoms with E-state index in [1.165, 1.54) is 5.01 Å². The van der Waals surface area contributed by atoms with Gasteiger partial charge in [-0.25, -0.2) is 9.69 Å². The monoisotopic (exact) mass is 431 g/mol. The van der Waals surface area contributed by atoms with Crippen LogP contribution in [-0.4, -0.2) is 36.1 Å². The number of benzene rings is 2. The highest BCUT2D eigenvalue weighted by molar-refractivity contribution is 6.48. The molecule has 148 valence electrons. The third-order valence-electron chi connectivity index (χ3n) is 4.70. The number of nitrogens with zero attached hydrogens (tertiary/aromatic N) is 3. The van der Waals surface area contributed by atoms with Gasteiger partial charge in [0.2, 0.25) is 5.91 Å². The van der Waals surface area contributed by atoms with Gasteiger partial charge in [0.25, 0.3) is 5.91 Å². The van der Waals surface area contributed by atoms with Gasteiger partial charge in [0, 0.05) is 5.02 Å². The Morgan fingerprint density at radius 3 is 2.55 bits per heavy atom. The molecule has 4 rings (SSSR count). The van der Waals surface area contributed by atoms with Crippen molar-refractivity contribution in [1.29, 1.82) is 0 Å². The van der Waals surface area contributed by atoms with Crippen LogP contribution in [0, 0.1) is 5.92 Å². The van der Waals surface area contributed by atoms with Crippen molar-refractivity contribution in [3.8, 4) is 0 Å². The quantitative estimate of drug-likeness (QED) is 0.547. The molecule has 29 heavy (non-hydrogen) atoms. The summed E-state index contributed by atoms with van der Waals surface area (Å²) in [6.45, 7) is 1.76. The lowest BCUT2D eigenvalue weighted by Crippen LogP contribution is -2.39. The van der Waals surface area contributed by atoms with Crippen molar-refractivity contribution in [2.45, 2.75) is 13.0 Å². The van der Waals surface area contributed by atoms with Crippen LogP contribution < -0.4 is 9.91 Å². The number of fused-ring (bicyclic) bond motifs is 1. The normalized spacial score (nSPS) is 20.7. The average molecular weight is 432 g/mol. The van der Waals surface area contributed by atoms with Crippen LogP contribution in [0.1, 0.15) is 6.92 Å². The Bertz CT molecular complexity index is 1060. The van der Waals surface area contributed by atoms with E-state index in [1.54, 1.807) is 55.5 Å². The van der Waals surface area contributed by atoms with Gasteiger partial charge in [-0.15, -0.1) is 0 Å². The van der Waals surface area contributed by atoms with Gasteiger partial charge >= 0.3 is 5.97 Å². The lowest BCUT2D eigenvalue weighted by Gasteiger charge is -2.22. The van der Waals surface area contributed by atoms with Crippen LogP contribution in [0.2, 0.25) is 10.0 Å². The Hall–Kier alpha value is -2.90. The van der Waals surface area contributed by atoms with Crippen LogP contribution >= 0.6 is 23.2 Å². The van der Waals surface area contributed by atoms with Crippen LogP contribution in [0.4, 0.5) is 11.4 Å². The van der Waals surface area contributed by atoms with Crippen molar-refractivity contribution in [2.24, 2.45) is 11.0 Å². The summed E-state index contributed by atoms with van der Waals surface area (Å²) >= 11 is 12.3. The lowest BCUT2D eigenvalue weighted by molar-refractivity contribution is -0.136. The molecular weight excluding hydrogens is 417 g/mol. The molecule has 7 nitrogen and oxygen atoms in total. The van der Waals surface area contributed by atoms with Gasteiger partial charge in [0.15, 0.2) is 5.71 Å². The van der Waals surface area contributed by atoms with Gasteiger partial charge in [-0.05, 0) is 37.3 Å². The maximum absolute atomic E-state index is 13.3. The molecule has 0 spiro atoms. The Labute approximate surface area is 176 Å². The standard InChI is InChI=1S/C20H15Cl2N3O4/c1-2-29-20(28)16-15-17(25(23-16)12-7-5-6-11(21)10-12)19(27)24(18(15)26)14-9-4-3-8-13(14)22/h3-10,15,17H,2H2,1H3/t15-,17+/m0/s1. The highest BCUT2D eigenvalue weighted by Gasteiger charge is 2.59. The molecule has 1 saturated heterocycles. The summed E-state index contributed by atoms with van der Waals surface area (Å²) in [5.41, 5.74) is 0.617. The molecular formula is C20H15Cl2N3O4. The highest BCUT2D eigenvalue weighted by Crippen LogP contribution is 2.40. The number of amides is 2. The SMILES string of the molecule is CCOC(=O)C1=NN(c2cccc(Cl)c2)[C@H]2C(=O)N(c3ccccc3Cl)C(=O)[C@@H]12. The van der Waals surface area contributed by atoms with Crippen molar-refractivity contribution >= 4 is 58.1 Å². The molecule has 2 aliphatic heterocycles. The van der Waals surface area contributed by atoms with Gasteiger partial charge in [-0.1, -0.05) is 41.4 Å². The van der Waals surface area contributed by atoms with Gasteiger partial charge in [0.05, 0.1) is 23.0 Å². The van der Waals surface area contributed by atoms with E-state index in [0.717, 1.165) is 4.90 Å². The number of rotatable bonds is 4. The summed E-state index contributed by atoms with van der Waals surface area (Å²) in [5, 5.41) is 6.29. The van der Waals surface area contributed by atoms with Crippen molar-refractivity contribution in [3.63, 3.8) is 0 Å². The van der Waals surface area contributed by atoms with E-state index in [1.807, 2.05) is 0 Å². The largest absolute Gasteiger partial charge is 0.461 e. The molecule has 2 aromatic carbocycles. The first-order chi connectivity index (χ1) is 13.9. The predicted octanol–water partition coefficient (Wildman–Crippen LogP) is 3.29. The molecule has 2 aromatic rings. The van der Waals surface area contributed by atoms with E-state index in [9.17, 15) is 14.4 Å². The number of hydrogen-bond acceptors (Lipinski definition) is 6. The first-order valence-electron chi connectivity index (χ1n) is 8.86. The summed E-state index contributed by atoms with van der Waals surface area (Å²) < 4.78 is 5.06. The average Bonchev–Trinajstić information content (AvgIpc) is 3.20. The maximum atomic E-state index is 13.3. The van der Waals surface area contributed by atoms with Gasteiger partial charge in [-0.2, -0.15) is 5.10 Å². The first kappa shape index (κ1) is 19.4. The summed E-state index contributed by atoms with van der Waals surface area (Å²) in [6.07, 6.45) is 0. The van der Waals surface area contributed by atoms with E-state index >= 15 is 0 Å². The van der Waals surface area contributed by atoms with Crippen molar-refractivity contribution in [2.75, 3.05) is 16.5 Å². The minimum atomic E-state index is -1.10. The van der Waals surface area contributed by atoms with Gasteiger partial charge < -0.3 is 4.74 Å². The number of carbonyl (C=O) groups excluding carboxylic acids is 3. The number of hydrazone groups is 1. The van der Waals surface area contributed by atoms with Crippen LogP contribution in [0.15, 0.2) is 53.6 Å². The van der Waals surface area contributed by atoms with Crippen LogP contribution in [-0.2, 0) is 19.1 Å². The lowest BCUT2D eigenvalue weighted by atomic mass is 9.98. The molecule has 2 amide bonds. The molecule has 0 unspecified atom stereocenters. The Morgan fingerprint density at radius 1 is 1.10 bits per heavy atom. The molecule has 9 heteroatoms. The molecule has 0 bridgehead atoms. The summed E-state index contributed by atoms with van der Waals surface area (Å²) in [5.74, 6) is -2.95. The molecule has 0 N–H and O–H groups in total. The van der Waals surface area contributed by atoms with E-state index in [4.69, 9.17) is 27.9 Å². The number of halogens is 2. The molecule has 0 saturated carbocycles. The first-order valence-corrected chi connectivity index (χ1v) is 9.62. The Balaban J connectivity index is 1.82. The number of ether oxygens (including phenoxy) is 1. The number of para-hydroxylation sites is 1. The summed E-state index contributed by atoms with van der Waals surface area (Å²) in [7, 11) is 0.